The first-order valence-corrected chi connectivity index (χ1v) is 10.5. The van der Waals surface area contributed by atoms with E-state index < -0.39 is 6.10 Å². The summed E-state index contributed by atoms with van der Waals surface area (Å²) in [7, 11) is 0. The summed E-state index contributed by atoms with van der Waals surface area (Å²) >= 11 is 12.2. The predicted octanol–water partition coefficient (Wildman–Crippen LogP) is 5.85. The first-order chi connectivity index (χ1) is 13.5. The van der Waals surface area contributed by atoms with Gasteiger partial charge in [0.05, 0.1) is 12.5 Å². The number of nitrogens with one attached hydrogen (secondary N) is 1. The van der Waals surface area contributed by atoms with Gasteiger partial charge in [0.25, 0.3) is 0 Å². The average molecular weight is 422 g/mol. The van der Waals surface area contributed by atoms with Crippen molar-refractivity contribution in [2.45, 2.75) is 57.1 Å². The predicted molar refractivity (Wildman–Crippen MR) is 112 cm³/mol. The third-order valence-electron chi connectivity index (χ3n) is 5.10. The zero-order valence-corrected chi connectivity index (χ0v) is 17.2. The van der Waals surface area contributed by atoms with E-state index in [1.165, 1.54) is 19.3 Å². The van der Waals surface area contributed by atoms with E-state index >= 15 is 0 Å². The van der Waals surface area contributed by atoms with Crippen LogP contribution in [-0.4, -0.2) is 17.1 Å². The fraction of sp³-hybridized carbons (Fsp3) is 0.409. The molecule has 0 saturated heterocycles. The van der Waals surface area contributed by atoms with E-state index in [1.54, 1.807) is 12.1 Å². The van der Waals surface area contributed by atoms with Crippen LogP contribution in [0.5, 0.6) is 0 Å². The van der Waals surface area contributed by atoms with Gasteiger partial charge in [-0.05, 0) is 42.5 Å². The highest BCUT2D eigenvalue weighted by Crippen LogP contribution is 2.31. The molecule has 1 atom stereocenters. The van der Waals surface area contributed by atoms with E-state index in [4.69, 9.17) is 28.0 Å². The zero-order valence-electron chi connectivity index (χ0n) is 15.7. The molecule has 28 heavy (non-hydrogen) atoms. The lowest BCUT2D eigenvalue weighted by atomic mass is 9.96. The Morgan fingerprint density at radius 1 is 1.11 bits per heavy atom. The van der Waals surface area contributed by atoms with Gasteiger partial charge in [0.2, 0.25) is 0 Å². The number of hydrogen-bond acceptors (Lipinski definition) is 4. The second-order valence-corrected chi connectivity index (χ2v) is 8.07. The Morgan fingerprint density at radius 2 is 1.82 bits per heavy atom. The van der Waals surface area contributed by atoms with Gasteiger partial charge < -0.3 is 9.94 Å². The summed E-state index contributed by atoms with van der Waals surface area (Å²) in [6.07, 6.45) is 5.42. The van der Waals surface area contributed by atoms with Crippen LogP contribution >= 0.6 is 23.2 Å². The summed E-state index contributed by atoms with van der Waals surface area (Å²) < 4.78 is 0. The molecular weight excluding hydrogens is 397 g/mol. The van der Waals surface area contributed by atoms with Crippen LogP contribution in [0.1, 0.15) is 56.6 Å². The Kier molecular flexibility index (Phi) is 7.74. The van der Waals surface area contributed by atoms with Gasteiger partial charge in [-0.25, -0.2) is 0 Å². The summed E-state index contributed by atoms with van der Waals surface area (Å²) in [6.45, 7) is 0. The lowest BCUT2D eigenvalue weighted by Crippen LogP contribution is -2.33. The topological polar surface area (TPSA) is 58.6 Å². The van der Waals surface area contributed by atoms with E-state index in [2.05, 4.69) is 5.48 Å². The molecule has 1 saturated carbocycles. The molecule has 3 rings (SSSR count). The van der Waals surface area contributed by atoms with Crippen molar-refractivity contribution in [3.8, 4) is 11.1 Å². The number of aliphatic hydroxyl groups is 1. The lowest BCUT2D eigenvalue weighted by molar-refractivity contribution is -0.154. The number of carbonyl (C=O) groups excluding carboxylic acids is 1. The van der Waals surface area contributed by atoms with Gasteiger partial charge in [0.1, 0.15) is 0 Å². The SMILES string of the molecule is O=C(CCC(O)c1ccc(-c2ccc(Cl)cc2Cl)cc1)ONC1CCCCC1. The minimum absolute atomic E-state index is 0.158. The van der Waals surface area contributed by atoms with Crippen LogP contribution in [-0.2, 0) is 9.63 Å². The molecule has 0 spiro atoms. The lowest BCUT2D eigenvalue weighted by Gasteiger charge is -2.21. The molecule has 150 valence electrons. The smallest absolute Gasteiger partial charge is 0.324 e. The molecule has 1 aliphatic carbocycles. The average Bonchev–Trinajstić information content (AvgIpc) is 2.71. The highest BCUT2D eigenvalue weighted by atomic mass is 35.5. The van der Waals surface area contributed by atoms with E-state index in [1.807, 2.05) is 30.3 Å². The van der Waals surface area contributed by atoms with Crippen molar-refractivity contribution in [3.05, 3.63) is 58.1 Å². The molecule has 1 aliphatic rings. The molecule has 0 radical (unpaired) electrons. The van der Waals surface area contributed by atoms with Crippen molar-refractivity contribution >= 4 is 29.2 Å². The van der Waals surface area contributed by atoms with Gasteiger partial charge in [-0.2, -0.15) is 5.48 Å². The summed E-state index contributed by atoms with van der Waals surface area (Å²) in [6, 6.07) is 13.1. The normalized spacial score (nSPS) is 16.0. The molecule has 2 N–H and O–H groups in total. The molecule has 4 nitrogen and oxygen atoms in total. The molecule has 0 heterocycles. The molecule has 0 aliphatic heterocycles. The minimum Gasteiger partial charge on any atom is -0.388 e. The van der Waals surface area contributed by atoms with Crippen molar-refractivity contribution in [3.63, 3.8) is 0 Å². The van der Waals surface area contributed by atoms with E-state index in [9.17, 15) is 9.90 Å². The standard InChI is InChI=1S/C22H25Cl2NO3/c23-17-10-11-19(20(24)14-17)15-6-8-16(9-7-15)21(26)12-13-22(27)28-25-18-4-2-1-3-5-18/h6-11,14,18,21,25-26H,1-5,12-13H2. The number of hydroxylamine groups is 1. The van der Waals surface area contributed by atoms with Gasteiger partial charge in [-0.3, -0.25) is 4.79 Å². The third-order valence-corrected chi connectivity index (χ3v) is 5.65. The van der Waals surface area contributed by atoms with Crippen LogP contribution < -0.4 is 5.48 Å². The molecular formula is C22H25Cl2NO3. The quantitative estimate of drug-likeness (QED) is 0.550. The summed E-state index contributed by atoms with van der Waals surface area (Å²) in [5.41, 5.74) is 5.44. The Morgan fingerprint density at radius 3 is 2.50 bits per heavy atom. The van der Waals surface area contributed by atoms with E-state index in [0.29, 0.717) is 16.5 Å². The minimum atomic E-state index is -0.725. The summed E-state index contributed by atoms with van der Waals surface area (Å²) in [5.74, 6) is -0.339. The summed E-state index contributed by atoms with van der Waals surface area (Å²) in [5, 5.41) is 11.5. The zero-order chi connectivity index (χ0) is 19.9. The number of carbonyl (C=O) groups is 1. The van der Waals surface area contributed by atoms with Crippen LogP contribution in [0, 0.1) is 0 Å². The number of rotatable bonds is 7. The first-order valence-electron chi connectivity index (χ1n) is 9.71. The molecule has 0 amide bonds. The van der Waals surface area contributed by atoms with Crippen LogP contribution in [0.15, 0.2) is 42.5 Å². The maximum absolute atomic E-state index is 11.9. The van der Waals surface area contributed by atoms with Crippen molar-refractivity contribution in [2.24, 2.45) is 0 Å². The molecule has 6 heteroatoms. The monoisotopic (exact) mass is 421 g/mol. The molecule has 0 aromatic heterocycles. The van der Waals surface area contributed by atoms with Crippen molar-refractivity contribution in [1.29, 1.82) is 0 Å². The summed E-state index contributed by atoms with van der Waals surface area (Å²) in [4.78, 5) is 17.0. The molecule has 1 fully saturated rings. The van der Waals surface area contributed by atoms with Gasteiger partial charge in [0.15, 0.2) is 0 Å². The van der Waals surface area contributed by atoms with Crippen LogP contribution in [0.2, 0.25) is 10.0 Å². The van der Waals surface area contributed by atoms with Crippen LogP contribution in [0.3, 0.4) is 0 Å². The first kappa shape index (κ1) is 21.1. The maximum atomic E-state index is 11.9. The van der Waals surface area contributed by atoms with Crippen LogP contribution in [0.4, 0.5) is 0 Å². The van der Waals surface area contributed by atoms with Crippen molar-refractivity contribution in [2.75, 3.05) is 0 Å². The van der Waals surface area contributed by atoms with Gasteiger partial charge >= 0.3 is 5.97 Å². The van der Waals surface area contributed by atoms with Crippen LogP contribution in [0.25, 0.3) is 11.1 Å². The van der Waals surface area contributed by atoms with Crippen molar-refractivity contribution in [1.82, 2.24) is 5.48 Å². The van der Waals surface area contributed by atoms with Gasteiger partial charge in [-0.15, -0.1) is 0 Å². The van der Waals surface area contributed by atoms with E-state index in [-0.39, 0.29) is 18.4 Å². The second-order valence-electron chi connectivity index (χ2n) is 7.23. The van der Waals surface area contributed by atoms with E-state index in [0.717, 1.165) is 29.5 Å². The highest BCUT2D eigenvalue weighted by molar-refractivity contribution is 6.36. The number of halogens is 2. The fourth-order valence-electron chi connectivity index (χ4n) is 3.45. The Balaban J connectivity index is 1.48. The maximum Gasteiger partial charge on any atom is 0.324 e. The molecule has 0 bridgehead atoms. The number of aliphatic hydroxyl groups excluding tert-OH is 1. The number of hydrogen-bond donors (Lipinski definition) is 2. The highest BCUT2D eigenvalue weighted by Gasteiger charge is 2.16. The fourth-order valence-corrected chi connectivity index (χ4v) is 3.97. The Hall–Kier alpha value is -1.59. The number of benzene rings is 2. The third kappa shape index (κ3) is 5.95. The molecule has 2 aromatic carbocycles. The molecule has 1 unspecified atom stereocenters. The Bertz CT molecular complexity index is 789. The van der Waals surface area contributed by atoms with Gasteiger partial charge in [0, 0.05) is 21.7 Å². The largest absolute Gasteiger partial charge is 0.388 e. The molecule has 2 aromatic rings. The van der Waals surface area contributed by atoms with Gasteiger partial charge in [-0.1, -0.05) is 72.8 Å². The van der Waals surface area contributed by atoms with Crippen molar-refractivity contribution < 1.29 is 14.7 Å². The Labute approximate surface area is 175 Å². The second kappa shape index (κ2) is 10.3.